The maximum Gasteiger partial charge on any atom is 0.280 e. The van der Waals surface area contributed by atoms with Crippen LogP contribution < -0.4 is 5.32 Å². The first kappa shape index (κ1) is 13.0. The number of hydrogen-bond acceptors (Lipinski definition) is 2. The van der Waals surface area contributed by atoms with Crippen molar-refractivity contribution in [1.82, 2.24) is 15.1 Å². The van der Waals surface area contributed by atoms with Crippen molar-refractivity contribution in [3.05, 3.63) is 46.7 Å². The molecule has 0 spiro atoms. The molecule has 0 bridgehead atoms. The molecule has 1 aromatic heterocycles. The number of aromatic nitrogens is 2. The van der Waals surface area contributed by atoms with E-state index in [0.717, 1.165) is 0 Å². The van der Waals surface area contributed by atoms with E-state index in [4.69, 9.17) is 11.6 Å². The Morgan fingerprint density at radius 3 is 2.72 bits per heavy atom. The Balaban J connectivity index is 2.55. The van der Waals surface area contributed by atoms with E-state index in [2.05, 4.69) is 10.4 Å². The third kappa shape index (κ3) is 2.37. The minimum atomic E-state index is -2.60. The van der Waals surface area contributed by atoms with E-state index < -0.39 is 6.43 Å². The second-order valence-electron chi connectivity index (χ2n) is 3.75. The van der Waals surface area contributed by atoms with Crippen molar-refractivity contribution < 1.29 is 8.78 Å². The van der Waals surface area contributed by atoms with E-state index >= 15 is 0 Å². The van der Waals surface area contributed by atoms with Crippen molar-refractivity contribution in [2.45, 2.75) is 13.0 Å². The van der Waals surface area contributed by atoms with Crippen molar-refractivity contribution in [1.29, 1.82) is 0 Å². The van der Waals surface area contributed by atoms with E-state index in [1.165, 1.54) is 10.9 Å². The van der Waals surface area contributed by atoms with E-state index in [1.54, 1.807) is 31.3 Å². The SMILES string of the molecule is CNCc1cnn(-c2ccccc2Cl)c1C(F)F. The topological polar surface area (TPSA) is 29.9 Å². The van der Waals surface area contributed by atoms with Crippen molar-refractivity contribution in [3.8, 4) is 5.69 Å². The Hall–Kier alpha value is -1.46. The molecule has 0 radical (unpaired) electrons. The summed E-state index contributed by atoms with van der Waals surface area (Å²) in [5.74, 6) is 0. The summed E-state index contributed by atoms with van der Waals surface area (Å²) in [6.07, 6.45) is -1.17. The Bertz CT molecular complexity index is 540. The van der Waals surface area contributed by atoms with Gasteiger partial charge in [0, 0.05) is 12.1 Å². The van der Waals surface area contributed by atoms with E-state index in [0.29, 0.717) is 22.8 Å². The fraction of sp³-hybridized carbons (Fsp3) is 0.250. The summed E-state index contributed by atoms with van der Waals surface area (Å²) in [7, 11) is 1.70. The molecule has 18 heavy (non-hydrogen) atoms. The summed E-state index contributed by atoms with van der Waals surface area (Å²) >= 11 is 6.00. The van der Waals surface area contributed by atoms with Gasteiger partial charge in [0.1, 0.15) is 5.69 Å². The molecule has 96 valence electrons. The smallest absolute Gasteiger partial charge is 0.280 e. The first-order valence-corrected chi connectivity index (χ1v) is 5.77. The zero-order chi connectivity index (χ0) is 13.1. The highest BCUT2D eigenvalue weighted by Crippen LogP contribution is 2.28. The summed E-state index contributed by atoms with van der Waals surface area (Å²) in [6, 6.07) is 6.78. The van der Waals surface area contributed by atoms with Gasteiger partial charge < -0.3 is 5.32 Å². The Morgan fingerprint density at radius 1 is 1.39 bits per heavy atom. The molecule has 0 saturated heterocycles. The predicted octanol–water partition coefficient (Wildman–Crippen LogP) is 3.18. The number of benzene rings is 1. The molecular weight excluding hydrogens is 260 g/mol. The first-order chi connectivity index (χ1) is 8.65. The number of rotatable bonds is 4. The average molecular weight is 272 g/mol. The van der Waals surface area contributed by atoms with Crippen molar-refractivity contribution in [2.75, 3.05) is 7.05 Å². The van der Waals surface area contributed by atoms with Gasteiger partial charge in [0.15, 0.2) is 0 Å². The molecule has 3 nitrogen and oxygen atoms in total. The minimum Gasteiger partial charge on any atom is -0.316 e. The zero-order valence-corrected chi connectivity index (χ0v) is 10.5. The summed E-state index contributed by atoms with van der Waals surface area (Å²) in [6.45, 7) is 0.337. The van der Waals surface area contributed by atoms with E-state index in [9.17, 15) is 8.78 Å². The van der Waals surface area contributed by atoms with Crippen LogP contribution in [-0.2, 0) is 6.54 Å². The van der Waals surface area contributed by atoms with Gasteiger partial charge in [0.2, 0.25) is 0 Å². The number of hydrogen-bond donors (Lipinski definition) is 1. The lowest BCUT2D eigenvalue weighted by atomic mass is 10.2. The second kappa shape index (κ2) is 5.46. The van der Waals surface area contributed by atoms with Gasteiger partial charge in [-0.1, -0.05) is 23.7 Å². The van der Waals surface area contributed by atoms with Crippen LogP contribution in [0.1, 0.15) is 17.7 Å². The summed E-state index contributed by atoms with van der Waals surface area (Å²) in [5, 5.41) is 7.23. The van der Waals surface area contributed by atoms with Crippen LogP contribution in [0.3, 0.4) is 0 Å². The first-order valence-electron chi connectivity index (χ1n) is 5.39. The fourth-order valence-electron chi connectivity index (χ4n) is 1.77. The predicted molar refractivity (Wildman–Crippen MR) is 66.3 cm³/mol. The molecule has 0 aliphatic rings. The molecule has 2 rings (SSSR count). The highest BCUT2D eigenvalue weighted by atomic mass is 35.5. The summed E-state index contributed by atoms with van der Waals surface area (Å²) < 4.78 is 27.5. The van der Waals surface area contributed by atoms with Crippen molar-refractivity contribution >= 4 is 11.6 Å². The number of nitrogens with one attached hydrogen (secondary N) is 1. The second-order valence-corrected chi connectivity index (χ2v) is 4.16. The molecule has 0 aliphatic carbocycles. The highest BCUT2D eigenvalue weighted by molar-refractivity contribution is 6.32. The molecule has 0 fully saturated rings. The zero-order valence-electron chi connectivity index (χ0n) is 9.70. The standard InChI is InChI=1S/C12H12ClF2N3/c1-16-6-8-7-17-18(11(8)12(14)15)10-5-3-2-4-9(10)13/h2-5,7,12,16H,6H2,1H3. The van der Waals surface area contributed by atoms with Gasteiger partial charge >= 0.3 is 0 Å². The molecule has 2 aromatic rings. The molecule has 6 heteroatoms. The van der Waals surface area contributed by atoms with Crippen molar-refractivity contribution in [2.24, 2.45) is 0 Å². The van der Waals surface area contributed by atoms with Gasteiger partial charge in [-0.3, -0.25) is 0 Å². The fourth-order valence-corrected chi connectivity index (χ4v) is 1.98. The van der Waals surface area contributed by atoms with E-state index in [1.807, 2.05) is 0 Å². The van der Waals surface area contributed by atoms with Gasteiger partial charge in [-0.15, -0.1) is 0 Å². The summed E-state index contributed by atoms with van der Waals surface area (Å²) in [4.78, 5) is 0. The van der Waals surface area contributed by atoms with Gasteiger partial charge in [-0.2, -0.15) is 5.10 Å². The lowest BCUT2D eigenvalue weighted by Crippen LogP contribution is -2.09. The van der Waals surface area contributed by atoms with Gasteiger partial charge in [-0.05, 0) is 19.2 Å². The number of nitrogens with zero attached hydrogens (tertiary/aromatic N) is 2. The van der Waals surface area contributed by atoms with Crippen molar-refractivity contribution in [3.63, 3.8) is 0 Å². The number of para-hydroxylation sites is 1. The Labute approximate surface area is 108 Å². The Morgan fingerprint density at radius 2 is 2.11 bits per heavy atom. The molecular formula is C12H12ClF2N3. The van der Waals surface area contributed by atoms with E-state index in [-0.39, 0.29) is 5.69 Å². The van der Waals surface area contributed by atoms with Crippen LogP contribution in [0.15, 0.2) is 30.5 Å². The van der Waals surface area contributed by atoms with Crippen LogP contribution in [0, 0.1) is 0 Å². The third-order valence-corrected chi connectivity index (χ3v) is 2.86. The molecule has 0 saturated carbocycles. The normalized spacial score (nSPS) is 11.2. The van der Waals surface area contributed by atoms with Crippen LogP contribution in [0.2, 0.25) is 5.02 Å². The molecule has 0 aliphatic heterocycles. The van der Waals surface area contributed by atoms with Crippen LogP contribution in [0.4, 0.5) is 8.78 Å². The molecule has 0 atom stereocenters. The van der Waals surface area contributed by atoms with Crippen LogP contribution in [0.25, 0.3) is 5.69 Å². The summed E-state index contributed by atoms with van der Waals surface area (Å²) in [5.41, 5.74) is 0.793. The minimum absolute atomic E-state index is 0.127. The van der Waals surface area contributed by atoms with Crippen LogP contribution in [-0.4, -0.2) is 16.8 Å². The molecule has 0 amide bonds. The highest BCUT2D eigenvalue weighted by Gasteiger charge is 2.21. The monoisotopic (exact) mass is 271 g/mol. The lowest BCUT2D eigenvalue weighted by Gasteiger charge is -2.10. The van der Waals surface area contributed by atoms with Crippen LogP contribution >= 0.6 is 11.6 Å². The molecule has 1 N–H and O–H groups in total. The van der Waals surface area contributed by atoms with Gasteiger partial charge in [0.25, 0.3) is 6.43 Å². The molecule has 1 heterocycles. The average Bonchev–Trinajstić information content (AvgIpc) is 2.74. The maximum absolute atomic E-state index is 13.1. The molecule has 1 aromatic carbocycles. The maximum atomic E-state index is 13.1. The largest absolute Gasteiger partial charge is 0.316 e. The van der Waals surface area contributed by atoms with Crippen LogP contribution in [0.5, 0.6) is 0 Å². The van der Waals surface area contributed by atoms with Gasteiger partial charge in [0.05, 0.1) is 16.9 Å². The Kier molecular flexibility index (Phi) is 3.93. The third-order valence-electron chi connectivity index (χ3n) is 2.54. The quantitative estimate of drug-likeness (QED) is 0.926. The number of halogens is 3. The molecule has 0 unspecified atom stereocenters. The number of alkyl halides is 2. The lowest BCUT2D eigenvalue weighted by molar-refractivity contribution is 0.141. The van der Waals surface area contributed by atoms with Gasteiger partial charge in [-0.25, -0.2) is 13.5 Å².